The molecule has 0 N–H and O–H groups in total. The maximum atomic E-state index is 4.78. The Kier molecular flexibility index (Phi) is 38.0. The summed E-state index contributed by atoms with van der Waals surface area (Å²) in [6.07, 6.45) is 16.7. The van der Waals surface area contributed by atoms with Crippen molar-refractivity contribution in [2.75, 3.05) is 0 Å². The summed E-state index contributed by atoms with van der Waals surface area (Å²) in [7, 11) is 0. The quantitative estimate of drug-likeness (QED) is 0.0531. The topological polar surface area (TPSA) is 51.6 Å². The van der Waals surface area contributed by atoms with Crippen molar-refractivity contribution in [3.05, 3.63) is 459 Å². The average Bonchev–Trinajstić information content (AvgIpc) is 0.802. The van der Waals surface area contributed by atoms with Crippen molar-refractivity contribution < 1.29 is 80.4 Å². The molecule has 0 saturated heterocycles. The molecule has 18 aromatic rings. The molecule has 14 aromatic carbocycles. The van der Waals surface area contributed by atoms with Crippen molar-refractivity contribution in [3.63, 3.8) is 0 Å². The van der Waals surface area contributed by atoms with Crippen LogP contribution < -0.4 is 0 Å². The molecule has 4 nitrogen and oxygen atoms in total. The van der Waals surface area contributed by atoms with Crippen molar-refractivity contribution in [1.82, 2.24) is 19.9 Å². The van der Waals surface area contributed by atoms with E-state index in [2.05, 4.69) is 420 Å². The minimum absolute atomic E-state index is 0. The number of hydrogen-bond donors (Lipinski definition) is 0. The van der Waals surface area contributed by atoms with E-state index in [0.717, 1.165) is 67.3 Å². The summed E-state index contributed by atoms with van der Waals surface area (Å²) in [4.78, 5) is 18.2. The Bertz CT molecular complexity index is 6520. The van der Waals surface area contributed by atoms with Crippen LogP contribution in [-0.4, -0.2) is 19.9 Å². The van der Waals surface area contributed by atoms with Crippen LogP contribution in [0.15, 0.2) is 407 Å². The van der Waals surface area contributed by atoms with Gasteiger partial charge in [0.05, 0.1) is 0 Å². The normalized spacial score (nSPS) is 11.1. The number of benzene rings is 14. The van der Waals surface area contributed by atoms with E-state index in [-0.39, 0.29) is 102 Å². The minimum Gasteiger partial charge on any atom is -0.305 e. The van der Waals surface area contributed by atoms with Gasteiger partial charge in [-0.05, 0) is 246 Å². The monoisotopic (exact) mass is 2480 g/mol. The van der Waals surface area contributed by atoms with E-state index < -0.39 is 0 Å². The van der Waals surface area contributed by atoms with Crippen molar-refractivity contribution >= 4 is 0 Å². The van der Waals surface area contributed by atoms with E-state index in [1.54, 1.807) is 0 Å². The summed E-state index contributed by atoms with van der Waals surface area (Å²) in [5.74, 6) is 0. The molecule has 0 aliphatic rings. The number of unbranched alkanes of at least 4 members (excludes halogenated alkanes) is 5. The summed E-state index contributed by atoms with van der Waals surface area (Å²) in [6.45, 7) is 29.3. The van der Waals surface area contributed by atoms with E-state index in [1.807, 2.05) is 116 Å². The Balaban J connectivity index is 0.000000176. The van der Waals surface area contributed by atoms with Crippen LogP contribution in [0.1, 0.15) is 156 Å². The first-order valence-corrected chi connectivity index (χ1v) is 46.7. The van der Waals surface area contributed by atoms with Gasteiger partial charge in [-0.25, -0.2) is 0 Å². The van der Waals surface area contributed by atoms with E-state index in [0.29, 0.717) is 0 Å². The van der Waals surface area contributed by atoms with Gasteiger partial charge in [-0.2, -0.15) is 0 Å². The molecule has 0 saturated carbocycles. The van der Waals surface area contributed by atoms with Crippen LogP contribution >= 0.6 is 0 Å². The third kappa shape index (κ3) is 28.7. The molecule has 136 heavy (non-hydrogen) atoms. The Morgan fingerprint density at radius 3 is 0.846 bits per heavy atom. The largest absolute Gasteiger partial charge is 0.305 e. The maximum Gasteiger partial charge on any atom is 0.0239 e. The molecule has 0 bridgehead atoms. The molecule has 0 atom stereocenters. The molecule has 0 fully saturated rings. The number of hydrogen-bond acceptors (Lipinski definition) is 4. The molecule has 8 heteroatoms. The predicted molar refractivity (Wildman–Crippen MR) is 560 cm³/mol. The second-order valence-electron chi connectivity index (χ2n) is 38.5. The smallest absolute Gasteiger partial charge is 0.0239 e. The first-order chi connectivity index (χ1) is 63.9. The van der Waals surface area contributed by atoms with Gasteiger partial charge in [-0.3, -0.25) is 0 Å². The van der Waals surface area contributed by atoms with Crippen LogP contribution in [0.2, 0.25) is 0 Å². The van der Waals surface area contributed by atoms with E-state index in [9.17, 15) is 0 Å². The minimum atomic E-state index is 0. The molecular formula is C128H120Ir4N4-4. The fourth-order valence-corrected chi connectivity index (χ4v) is 16.5. The van der Waals surface area contributed by atoms with Gasteiger partial charge in [0.25, 0.3) is 0 Å². The summed E-state index contributed by atoms with van der Waals surface area (Å²) in [5, 5.41) is 0. The van der Waals surface area contributed by atoms with Gasteiger partial charge in [-0.15, -0.1) is 142 Å². The second kappa shape index (κ2) is 49.3. The fourth-order valence-electron chi connectivity index (χ4n) is 16.5. The standard InChI is InChI=1S/2C37H36N.C35H24N.C19H24N.4Ir/c1-36(2,3)33-17-13-26(14-18-33)30-23-31(27-15-19-34(20-16-27)37(4,5)6)25-32(24-30)28-10-9-11-29(22-28)35-12-7-8-21-38-35;1-36(2,3)33-17-12-26(13-18-33)30-22-31(27-14-19-34(20-15-27)37(4,5)6)24-32(23-30)29-16-21-35(38-25-29)28-10-8-7-9-11-28;1-3-11-26(12-4-1)32-23-33(27-13-5-2-6-14-27)25-34(24-32)30-17-9-15-28(21-30)29-16-10-18-31(22-29)35-19-7-8-20-36-35;1-2-3-4-5-6-7-10-17-12-14-18(15-13-17)19-11-8-9-16-20-19;;;;/h2*7-10,12-25H,1-6H3;1-17,19-25H;8-9,11-14,16H,2-7,10H2,1H3;;;;/q4*-1;;;;. The molecule has 4 radical (unpaired) electrons. The van der Waals surface area contributed by atoms with Crippen molar-refractivity contribution in [2.24, 2.45) is 0 Å². The number of aromatic nitrogens is 4. The van der Waals surface area contributed by atoms with Gasteiger partial charge in [0.1, 0.15) is 0 Å². The molecule has 0 spiro atoms. The summed E-state index contributed by atoms with van der Waals surface area (Å²) >= 11 is 0. The van der Waals surface area contributed by atoms with Crippen LogP contribution in [0.5, 0.6) is 0 Å². The van der Waals surface area contributed by atoms with Gasteiger partial charge < -0.3 is 19.9 Å². The summed E-state index contributed by atoms with van der Waals surface area (Å²) < 4.78 is 0. The van der Waals surface area contributed by atoms with Gasteiger partial charge in [-0.1, -0.05) is 359 Å². The second-order valence-corrected chi connectivity index (χ2v) is 38.5. The van der Waals surface area contributed by atoms with Crippen LogP contribution in [0.25, 0.3) is 156 Å². The average molecular weight is 2480 g/mol. The first-order valence-electron chi connectivity index (χ1n) is 46.7. The Hall–Kier alpha value is -11.7. The number of aryl methyl sites for hydroxylation is 1. The van der Waals surface area contributed by atoms with E-state index >= 15 is 0 Å². The molecular weight excluding hydrogens is 2360 g/mol. The zero-order chi connectivity index (χ0) is 92.0. The van der Waals surface area contributed by atoms with Crippen molar-refractivity contribution in [1.29, 1.82) is 0 Å². The molecule has 0 aliphatic carbocycles. The first kappa shape index (κ1) is 105. The van der Waals surface area contributed by atoms with E-state index in [1.165, 1.54) is 162 Å². The van der Waals surface area contributed by atoms with E-state index in [4.69, 9.17) is 4.98 Å². The molecule has 0 amide bonds. The van der Waals surface area contributed by atoms with Crippen LogP contribution in [0.4, 0.5) is 0 Å². The van der Waals surface area contributed by atoms with Crippen LogP contribution in [0.3, 0.4) is 0 Å². The molecule has 0 aliphatic heterocycles. The summed E-state index contributed by atoms with van der Waals surface area (Å²) in [6, 6.07) is 149. The third-order valence-electron chi connectivity index (χ3n) is 24.4. The Labute approximate surface area is 864 Å². The maximum absolute atomic E-state index is 4.78. The van der Waals surface area contributed by atoms with Gasteiger partial charge >= 0.3 is 0 Å². The van der Waals surface area contributed by atoms with Crippen molar-refractivity contribution in [2.45, 2.75) is 157 Å². The zero-order valence-corrected chi connectivity index (χ0v) is 89.8. The van der Waals surface area contributed by atoms with Gasteiger partial charge in [0.2, 0.25) is 0 Å². The number of nitrogens with zero attached hydrogens (tertiary/aromatic N) is 4. The zero-order valence-electron chi connectivity index (χ0n) is 80.3. The van der Waals surface area contributed by atoms with Crippen LogP contribution in [-0.2, 0) is 109 Å². The van der Waals surface area contributed by atoms with Crippen LogP contribution in [0, 0.1) is 24.3 Å². The van der Waals surface area contributed by atoms with Crippen molar-refractivity contribution in [3.8, 4) is 156 Å². The molecule has 692 valence electrons. The summed E-state index contributed by atoms with van der Waals surface area (Å²) in [5.41, 5.74) is 39.0. The fraction of sp³-hybridized carbons (Fsp3) is 0.188. The molecule has 0 unspecified atom stereocenters. The SMILES string of the molecule is CC(C)(C)c1ccc(-c2cc(-c3ccc(C(C)(C)C)cc3)cc(-c3cc[c-]c(-c4ccccn4)c3)c2)cc1.CC(C)(C)c1ccc(-c2cc(-c3ccc(C(C)(C)C)cc3)cc(-c3ccc(-c4[c-]cccc4)nc3)c2)cc1.CCCCCCCCc1c[c-]c(-c2ccccn2)cc1.[Ir].[Ir].[Ir].[Ir].[c-]1ccc(-c2cccc(-c3cc(-c4ccccc4)cc(-c4ccccc4)c3)c2)cc1-c1ccccn1. The van der Waals surface area contributed by atoms with Gasteiger partial charge in [0, 0.05) is 105 Å². The molecule has 18 rings (SSSR count). The number of rotatable bonds is 21. The van der Waals surface area contributed by atoms with Gasteiger partial charge in [0.15, 0.2) is 0 Å². The Morgan fingerprint density at radius 1 is 0.206 bits per heavy atom. The predicted octanol–water partition coefficient (Wildman–Crippen LogP) is 34.9. The number of pyridine rings is 4. The molecule has 4 heterocycles. The Morgan fingerprint density at radius 2 is 0.500 bits per heavy atom. The third-order valence-corrected chi connectivity index (χ3v) is 24.4. The molecule has 4 aromatic heterocycles.